The third-order valence-corrected chi connectivity index (χ3v) is 5.99. The molecule has 0 radical (unpaired) electrons. The van der Waals surface area contributed by atoms with E-state index in [1.54, 1.807) is 0 Å². The molecular formula is C24H29N3O2. The Morgan fingerprint density at radius 3 is 2.45 bits per heavy atom. The molecule has 2 atom stereocenters. The fraction of sp³-hybridized carbons (Fsp3) is 0.417. The minimum Gasteiger partial charge on any atom is -0.352 e. The number of piperidine rings is 1. The van der Waals surface area contributed by atoms with Crippen molar-refractivity contribution in [3.63, 3.8) is 0 Å². The third kappa shape index (κ3) is 4.85. The predicted molar refractivity (Wildman–Crippen MR) is 114 cm³/mol. The summed E-state index contributed by atoms with van der Waals surface area (Å²) in [4.78, 5) is 27.4. The maximum absolute atomic E-state index is 12.7. The highest BCUT2D eigenvalue weighted by molar-refractivity contribution is 5.83. The Morgan fingerprint density at radius 2 is 1.66 bits per heavy atom. The molecule has 5 heteroatoms. The zero-order valence-corrected chi connectivity index (χ0v) is 16.8. The summed E-state index contributed by atoms with van der Waals surface area (Å²) in [7, 11) is 0. The molecule has 0 saturated carbocycles. The molecule has 0 unspecified atom stereocenters. The number of rotatable bonds is 5. The van der Waals surface area contributed by atoms with Gasteiger partial charge in [-0.05, 0) is 42.0 Å². The summed E-state index contributed by atoms with van der Waals surface area (Å²) in [5.41, 5.74) is 3.39. The first kappa shape index (κ1) is 19.6. The van der Waals surface area contributed by atoms with Gasteiger partial charge >= 0.3 is 0 Å². The number of hydrogen-bond acceptors (Lipinski definition) is 3. The minimum atomic E-state index is -0.155. The number of hydrogen-bond donors (Lipinski definition) is 2. The van der Waals surface area contributed by atoms with Crippen molar-refractivity contribution in [1.82, 2.24) is 15.5 Å². The van der Waals surface area contributed by atoms with Crippen molar-refractivity contribution in [3.05, 3.63) is 60.2 Å². The van der Waals surface area contributed by atoms with Crippen LogP contribution in [0.5, 0.6) is 0 Å². The number of nitrogens with one attached hydrogen (secondary N) is 2. The van der Waals surface area contributed by atoms with Crippen molar-refractivity contribution in [1.29, 1.82) is 0 Å². The van der Waals surface area contributed by atoms with Gasteiger partial charge in [0.25, 0.3) is 0 Å². The molecular weight excluding hydrogens is 362 g/mol. The van der Waals surface area contributed by atoms with Crippen LogP contribution in [0, 0.1) is 11.8 Å². The van der Waals surface area contributed by atoms with Gasteiger partial charge in [0, 0.05) is 32.7 Å². The third-order valence-electron chi connectivity index (χ3n) is 5.99. The molecule has 0 bridgehead atoms. The molecule has 2 amide bonds. The second-order valence-corrected chi connectivity index (χ2v) is 8.10. The highest BCUT2D eigenvalue weighted by Gasteiger charge is 2.33. The molecule has 4 rings (SSSR count). The molecule has 0 aliphatic carbocycles. The molecule has 2 aliphatic rings. The highest BCUT2D eigenvalue weighted by atomic mass is 16.2. The van der Waals surface area contributed by atoms with Crippen LogP contribution >= 0.6 is 0 Å². The van der Waals surface area contributed by atoms with Crippen molar-refractivity contribution < 1.29 is 9.59 Å². The SMILES string of the molecule is O=C(NCc1cccc(-c2ccccc2)c1)[C@H]1CNC[C@H](C(=O)N2CCCC2)C1. The topological polar surface area (TPSA) is 61.4 Å². The van der Waals surface area contributed by atoms with E-state index in [9.17, 15) is 9.59 Å². The van der Waals surface area contributed by atoms with Crippen LogP contribution in [0.1, 0.15) is 24.8 Å². The van der Waals surface area contributed by atoms with Gasteiger partial charge in [-0.15, -0.1) is 0 Å². The maximum atomic E-state index is 12.7. The van der Waals surface area contributed by atoms with E-state index in [2.05, 4.69) is 34.9 Å². The van der Waals surface area contributed by atoms with E-state index in [0.29, 0.717) is 26.1 Å². The molecule has 2 aromatic rings. The average Bonchev–Trinajstić information content (AvgIpc) is 3.33. The van der Waals surface area contributed by atoms with Crippen LogP contribution in [-0.4, -0.2) is 42.9 Å². The smallest absolute Gasteiger partial charge is 0.226 e. The first-order chi connectivity index (χ1) is 14.2. The first-order valence-corrected chi connectivity index (χ1v) is 10.6. The number of carbonyl (C=O) groups excluding carboxylic acids is 2. The van der Waals surface area contributed by atoms with Gasteiger partial charge in [-0.25, -0.2) is 0 Å². The van der Waals surface area contributed by atoms with Gasteiger partial charge in [-0.3, -0.25) is 9.59 Å². The summed E-state index contributed by atoms with van der Waals surface area (Å²) in [6.45, 7) is 3.55. The van der Waals surface area contributed by atoms with E-state index in [1.165, 1.54) is 5.56 Å². The lowest BCUT2D eigenvalue weighted by atomic mass is 9.89. The van der Waals surface area contributed by atoms with Gasteiger partial charge < -0.3 is 15.5 Å². The van der Waals surface area contributed by atoms with Crippen molar-refractivity contribution in [2.45, 2.75) is 25.8 Å². The largest absolute Gasteiger partial charge is 0.352 e. The Labute approximate surface area is 172 Å². The lowest BCUT2D eigenvalue weighted by Gasteiger charge is -2.31. The number of nitrogens with zero attached hydrogens (tertiary/aromatic N) is 1. The summed E-state index contributed by atoms with van der Waals surface area (Å²) in [6.07, 6.45) is 2.83. The van der Waals surface area contributed by atoms with Crippen LogP contribution < -0.4 is 10.6 Å². The van der Waals surface area contributed by atoms with Crippen molar-refractivity contribution in [2.75, 3.05) is 26.2 Å². The Hall–Kier alpha value is -2.66. The molecule has 2 aromatic carbocycles. The van der Waals surface area contributed by atoms with Crippen LogP contribution in [0.15, 0.2) is 54.6 Å². The van der Waals surface area contributed by atoms with Crippen LogP contribution in [-0.2, 0) is 16.1 Å². The fourth-order valence-corrected chi connectivity index (χ4v) is 4.35. The maximum Gasteiger partial charge on any atom is 0.226 e. The average molecular weight is 392 g/mol. The molecule has 152 valence electrons. The molecule has 2 fully saturated rings. The standard InChI is InChI=1S/C24H29N3O2/c28-23(21-14-22(17-25-16-21)24(29)27-11-4-5-12-27)26-15-18-7-6-10-20(13-18)19-8-2-1-3-9-19/h1-3,6-10,13,21-22,25H,4-5,11-12,14-17H2,(H,26,28)/t21-,22-/m1/s1. The van der Waals surface area contributed by atoms with E-state index in [-0.39, 0.29) is 23.7 Å². The Kier molecular flexibility index (Phi) is 6.25. The zero-order valence-electron chi connectivity index (χ0n) is 16.8. The Morgan fingerprint density at radius 1 is 0.931 bits per heavy atom. The van der Waals surface area contributed by atoms with E-state index in [1.807, 2.05) is 35.2 Å². The van der Waals surface area contributed by atoms with E-state index >= 15 is 0 Å². The van der Waals surface area contributed by atoms with Gasteiger partial charge in [0.05, 0.1) is 11.8 Å². The number of amides is 2. The number of benzene rings is 2. The van der Waals surface area contributed by atoms with Crippen LogP contribution in [0.2, 0.25) is 0 Å². The van der Waals surface area contributed by atoms with Crippen molar-refractivity contribution in [2.24, 2.45) is 11.8 Å². The number of likely N-dealkylation sites (tertiary alicyclic amines) is 1. The molecule has 5 nitrogen and oxygen atoms in total. The summed E-state index contributed by atoms with van der Waals surface area (Å²) in [5, 5.41) is 6.36. The summed E-state index contributed by atoms with van der Waals surface area (Å²) in [5.74, 6) is 0.00113. The molecule has 2 heterocycles. The van der Waals surface area contributed by atoms with Crippen LogP contribution in [0.4, 0.5) is 0 Å². The second-order valence-electron chi connectivity index (χ2n) is 8.10. The monoisotopic (exact) mass is 391 g/mol. The summed E-state index contributed by atoms with van der Waals surface area (Å²) >= 11 is 0. The van der Waals surface area contributed by atoms with Crippen molar-refractivity contribution >= 4 is 11.8 Å². The summed E-state index contributed by atoms with van der Waals surface area (Å²) in [6, 6.07) is 18.5. The van der Waals surface area contributed by atoms with Crippen LogP contribution in [0.25, 0.3) is 11.1 Å². The van der Waals surface area contributed by atoms with E-state index in [0.717, 1.165) is 37.1 Å². The Balaban J connectivity index is 1.33. The molecule has 29 heavy (non-hydrogen) atoms. The van der Waals surface area contributed by atoms with Crippen LogP contribution in [0.3, 0.4) is 0 Å². The number of carbonyl (C=O) groups is 2. The lowest BCUT2D eigenvalue weighted by Crippen LogP contribution is -2.48. The second kappa shape index (κ2) is 9.23. The molecule has 2 saturated heterocycles. The quantitative estimate of drug-likeness (QED) is 0.824. The normalized spacial score (nSPS) is 21.7. The lowest BCUT2D eigenvalue weighted by molar-refractivity contribution is -0.136. The summed E-state index contributed by atoms with van der Waals surface area (Å²) < 4.78 is 0. The van der Waals surface area contributed by atoms with Gasteiger partial charge in [0.15, 0.2) is 0 Å². The van der Waals surface area contributed by atoms with Gasteiger partial charge in [-0.2, -0.15) is 0 Å². The first-order valence-electron chi connectivity index (χ1n) is 10.6. The molecule has 2 aliphatic heterocycles. The van der Waals surface area contributed by atoms with E-state index in [4.69, 9.17) is 0 Å². The molecule has 2 N–H and O–H groups in total. The Bertz CT molecular complexity index is 846. The highest BCUT2D eigenvalue weighted by Crippen LogP contribution is 2.22. The zero-order chi connectivity index (χ0) is 20.1. The minimum absolute atomic E-state index is 0.0292. The van der Waals surface area contributed by atoms with Gasteiger partial charge in [0.2, 0.25) is 11.8 Å². The van der Waals surface area contributed by atoms with E-state index < -0.39 is 0 Å². The predicted octanol–water partition coefficient (Wildman–Crippen LogP) is 2.82. The van der Waals surface area contributed by atoms with Crippen molar-refractivity contribution in [3.8, 4) is 11.1 Å². The van der Waals surface area contributed by atoms with Gasteiger partial charge in [0.1, 0.15) is 0 Å². The van der Waals surface area contributed by atoms with Gasteiger partial charge in [-0.1, -0.05) is 48.5 Å². The fourth-order valence-electron chi connectivity index (χ4n) is 4.35. The molecule has 0 spiro atoms. The molecule has 0 aromatic heterocycles.